The predicted octanol–water partition coefficient (Wildman–Crippen LogP) is 3.06. The summed E-state index contributed by atoms with van der Waals surface area (Å²) >= 11 is 0. The highest BCUT2D eigenvalue weighted by Crippen LogP contribution is 2.43. The van der Waals surface area contributed by atoms with E-state index in [1.54, 1.807) is 17.0 Å². The number of anilines is 1. The van der Waals surface area contributed by atoms with Crippen molar-refractivity contribution in [1.82, 2.24) is 0 Å². The summed E-state index contributed by atoms with van der Waals surface area (Å²) in [7, 11) is 0. The minimum absolute atomic E-state index is 0.0609. The fraction of sp³-hybridized carbons (Fsp3) is 0.529. The molecule has 5 nitrogen and oxygen atoms in total. The molecule has 0 aromatic heterocycles. The fourth-order valence-electron chi connectivity index (χ4n) is 2.55. The van der Waals surface area contributed by atoms with Crippen LogP contribution in [0.3, 0.4) is 0 Å². The first-order valence-electron chi connectivity index (χ1n) is 7.75. The van der Waals surface area contributed by atoms with Crippen LogP contribution in [0.5, 0.6) is 11.5 Å². The third kappa shape index (κ3) is 3.08. The van der Waals surface area contributed by atoms with Crippen LogP contribution in [0, 0.1) is 5.92 Å². The van der Waals surface area contributed by atoms with Gasteiger partial charge in [-0.05, 0) is 31.4 Å². The van der Waals surface area contributed by atoms with Crippen LogP contribution < -0.4 is 14.4 Å². The van der Waals surface area contributed by atoms with E-state index in [2.05, 4.69) is 13.8 Å². The average molecular weight is 305 g/mol. The van der Waals surface area contributed by atoms with E-state index in [4.69, 9.17) is 9.47 Å². The first-order chi connectivity index (χ1) is 10.5. The van der Waals surface area contributed by atoms with Gasteiger partial charge in [0.05, 0.1) is 12.3 Å². The van der Waals surface area contributed by atoms with Gasteiger partial charge >= 0.3 is 0 Å². The number of carbonyl (C=O) groups is 2. The molecule has 0 spiro atoms. The first kappa shape index (κ1) is 16.3. The monoisotopic (exact) mass is 305 g/mol. The Morgan fingerprint density at radius 3 is 2.64 bits per heavy atom. The lowest BCUT2D eigenvalue weighted by molar-refractivity contribution is -0.126. The molecule has 0 saturated heterocycles. The van der Waals surface area contributed by atoms with Gasteiger partial charge < -0.3 is 14.4 Å². The zero-order valence-corrected chi connectivity index (χ0v) is 13.6. The summed E-state index contributed by atoms with van der Waals surface area (Å²) in [4.78, 5) is 25.5. The van der Waals surface area contributed by atoms with E-state index in [1.165, 1.54) is 0 Å². The number of aldehydes is 1. The van der Waals surface area contributed by atoms with Gasteiger partial charge in [-0.15, -0.1) is 0 Å². The number of fused-ring (bicyclic) bond motifs is 1. The van der Waals surface area contributed by atoms with Crippen molar-refractivity contribution in [3.63, 3.8) is 0 Å². The van der Waals surface area contributed by atoms with Crippen LogP contribution in [0.1, 0.15) is 44.5 Å². The molecule has 1 aromatic carbocycles. The summed E-state index contributed by atoms with van der Waals surface area (Å²) in [6, 6.07) is 3.35. The largest absolute Gasteiger partial charge is 0.490 e. The molecule has 5 heteroatoms. The Balaban J connectivity index is 2.57. The highest BCUT2D eigenvalue weighted by molar-refractivity contribution is 6.01. The maximum absolute atomic E-state index is 12.6. The smallest absolute Gasteiger partial charge is 0.268 e. The molecule has 0 bridgehead atoms. The Bertz CT molecular complexity index is 568. The predicted molar refractivity (Wildman–Crippen MR) is 84.9 cm³/mol. The third-order valence-electron chi connectivity index (χ3n) is 3.50. The molecule has 1 aromatic rings. The van der Waals surface area contributed by atoms with Gasteiger partial charge in [0.2, 0.25) is 0 Å². The van der Waals surface area contributed by atoms with Crippen molar-refractivity contribution in [2.24, 2.45) is 5.92 Å². The van der Waals surface area contributed by atoms with Crippen LogP contribution in [0.2, 0.25) is 0 Å². The molecule has 1 aliphatic heterocycles. The second kappa shape index (κ2) is 6.81. The van der Waals surface area contributed by atoms with Gasteiger partial charge in [-0.1, -0.05) is 20.8 Å². The van der Waals surface area contributed by atoms with E-state index in [0.717, 1.165) is 6.29 Å². The Hall–Kier alpha value is -2.04. The van der Waals surface area contributed by atoms with Gasteiger partial charge in [-0.2, -0.15) is 0 Å². The third-order valence-corrected chi connectivity index (χ3v) is 3.50. The SMILES string of the molecule is CCOc1cc(C=O)cc2c1OC(CC)C(=O)N2CC(C)C. The lowest BCUT2D eigenvalue weighted by atomic mass is 10.1. The van der Waals surface area contributed by atoms with E-state index in [9.17, 15) is 9.59 Å². The van der Waals surface area contributed by atoms with Crippen molar-refractivity contribution >= 4 is 17.9 Å². The van der Waals surface area contributed by atoms with Crippen LogP contribution >= 0.6 is 0 Å². The fourth-order valence-corrected chi connectivity index (χ4v) is 2.55. The number of hydrogen-bond acceptors (Lipinski definition) is 4. The molecule has 0 aliphatic carbocycles. The molecule has 0 fully saturated rings. The molecule has 0 radical (unpaired) electrons. The highest BCUT2D eigenvalue weighted by Gasteiger charge is 2.35. The Morgan fingerprint density at radius 1 is 1.36 bits per heavy atom. The number of rotatable bonds is 6. The Labute approximate surface area is 131 Å². The lowest BCUT2D eigenvalue weighted by Gasteiger charge is -2.36. The van der Waals surface area contributed by atoms with Gasteiger partial charge in [0.1, 0.15) is 6.29 Å². The molecule has 1 heterocycles. The normalized spacial score (nSPS) is 17.2. The average Bonchev–Trinajstić information content (AvgIpc) is 2.49. The number of ether oxygens (including phenoxy) is 2. The lowest BCUT2D eigenvalue weighted by Crippen LogP contribution is -2.47. The Kier molecular flexibility index (Phi) is 5.06. The number of nitrogens with zero attached hydrogens (tertiary/aromatic N) is 1. The number of benzene rings is 1. The first-order valence-corrected chi connectivity index (χ1v) is 7.75. The topological polar surface area (TPSA) is 55.8 Å². The maximum atomic E-state index is 12.6. The van der Waals surface area contributed by atoms with Gasteiger partial charge in [0.25, 0.3) is 5.91 Å². The van der Waals surface area contributed by atoms with E-state index in [1.807, 2.05) is 13.8 Å². The maximum Gasteiger partial charge on any atom is 0.268 e. The molecular formula is C17H23NO4. The van der Waals surface area contributed by atoms with E-state index in [-0.39, 0.29) is 5.91 Å². The van der Waals surface area contributed by atoms with E-state index < -0.39 is 6.10 Å². The Morgan fingerprint density at radius 2 is 2.09 bits per heavy atom. The van der Waals surface area contributed by atoms with Crippen LogP contribution in [-0.4, -0.2) is 31.4 Å². The second-order valence-corrected chi connectivity index (χ2v) is 5.78. The standard InChI is InChI=1S/C17H23NO4/c1-5-14-17(20)18(9-11(3)4)13-7-12(10-19)8-15(21-6-2)16(13)22-14/h7-8,10-11,14H,5-6,9H2,1-4H3. The summed E-state index contributed by atoms with van der Waals surface area (Å²) in [5.74, 6) is 1.32. The number of amides is 1. The van der Waals surface area contributed by atoms with Crippen molar-refractivity contribution in [2.45, 2.75) is 40.2 Å². The van der Waals surface area contributed by atoms with Gasteiger partial charge in [0.15, 0.2) is 17.6 Å². The second-order valence-electron chi connectivity index (χ2n) is 5.78. The minimum Gasteiger partial charge on any atom is -0.490 e. The molecule has 1 amide bonds. The minimum atomic E-state index is -0.507. The molecule has 1 atom stereocenters. The highest BCUT2D eigenvalue weighted by atomic mass is 16.5. The van der Waals surface area contributed by atoms with Crippen LogP contribution in [0.4, 0.5) is 5.69 Å². The van der Waals surface area contributed by atoms with E-state index >= 15 is 0 Å². The summed E-state index contributed by atoms with van der Waals surface area (Å²) < 4.78 is 11.5. The summed E-state index contributed by atoms with van der Waals surface area (Å²) in [5.41, 5.74) is 1.10. The van der Waals surface area contributed by atoms with E-state index in [0.29, 0.717) is 48.2 Å². The molecule has 1 unspecified atom stereocenters. The molecule has 2 rings (SSSR count). The number of carbonyl (C=O) groups excluding carboxylic acids is 2. The van der Waals surface area contributed by atoms with Crippen LogP contribution in [0.15, 0.2) is 12.1 Å². The van der Waals surface area contributed by atoms with Crippen molar-refractivity contribution in [3.8, 4) is 11.5 Å². The summed E-state index contributed by atoms with van der Waals surface area (Å²) in [6.45, 7) is 8.94. The summed E-state index contributed by atoms with van der Waals surface area (Å²) in [6.07, 6.45) is 0.841. The molecule has 120 valence electrons. The molecule has 22 heavy (non-hydrogen) atoms. The van der Waals surface area contributed by atoms with Crippen molar-refractivity contribution < 1.29 is 19.1 Å². The van der Waals surface area contributed by atoms with Crippen molar-refractivity contribution in [2.75, 3.05) is 18.1 Å². The van der Waals surface area contributed by atoms with Crippen LogP contribution in [-0.2, 0) is 4.79 Å². The molecule has 0 saturated carbocycles. The van der Waals surface area contributed by atoms with Crippen LogP contribution in [0.25, 0.3) is 0 Å². The van der Waals surface area contributed by atoms with Gasteiger partial charge in [-0.3, -0.25) is 9.59 Å². The number of hydrogen-bond donors (Lipinski definition) is 0. The zero-order chi connectivity index (χ0) is 16.3. The van der Waals surface area contributed by atoms with Crippen molar-refractivity contribution in [1.29, 1.82) is 0 Å². The van der Waals surface area contributed by atoms with Gasteiger partial charge in [-0.25, -0.2) is 0 Å². The summed E-state index contributed by atoms with van der Waals surface area (Å²) in [5, 5.41) is 0. The van der Waals surface area contributed by atoms with Gasteiger partial charge in [0, 0.05) is 12.1 Å². The molecular weight excluding hydrogens is 282 g/mol. The van der Waals surface area contributed by atoms with Crippen molar-refractivity contribution in [3.05, 3.63) is 17.7 Å². The molecule has 0 N–H and O–H groups in total. The zero-order valence-electron chi connectivity index (χ0n) is 13.6. The quantitative estimate of drug-likeness (QED) is 0.758. The molecule has 1 aliphatic rings.